The van der Waals surface area contributed by atoms with Crippen LogP contribution in [-0.2, 0) is 0 Å². The molecule has 1 atom stereocenters. The van der Waals surface area contributed by atoms with Gasteiger partial charge in [-0.15, -0.1) is 11.6 Å². The lowest BCUT2D eigenvalue weighted by molar-refractivity contribution is 0.700. The highest BCUT2D eigenvalue weighted by atomic mass is 127. The third-order valence-corrected chi connectivity index (χ3v) is 3.81. The molecular formula is C12H12ClIN2. The molecule has 0 radical (unpaired) electrons. The first-order valence-electron chi connectivity index (χ1n) is 5.48. The zero-order chi connectivity index (χ0) is 11.3. The molecule has 0 amide bonds. The first-order chi connectivity index (χ1) is 7.66. The van der Waals surface area contributed by atoms with Gasteiger partial charge in [-0.2, -0.15) is 0 Å². The van der Waals surface area contributed by atoms with Crippen LogP contribution >= 0.6 is 34.2 Å². The lowest BCUT2D eigenvalue weighted by Gasteiger charge is -2.08. The fraction of sp³-hybridized carbons (Fsp3) is 0.417. The average Bonchev–Trinajstić information content (AvgIpc) is 2.99. The van der Waals surface area contributed by atoms with Crippen LogP contribution in [-0.4, -0.2) is 9.55 Å². The first kappa shape index (κ1) is 10.8. The summed E-state index contributed by atoms with van der Waals surface area (Å²) in [7, 11) is 0. The molecule has 1 aliphatic rings. The molecule has 3 rings (SSSR count). The van der Waals surface area contributed by atoms with Crippen LogP contribution in [0, 0.1) is 3.57 Å². The van der Waals surface area contributed by atoms with Gasteiger partial charge in [0, 0.05) is 9.61 Å². The fourth-order valence-corrected chi connectivity index (χ4v) is 2.72. The second-order valence-electron chi connectivity index (χ2n) is 4.32. The van der Waals surface area contributed by atoms with Gasteiger partial charge in [-0.3, -0.25) is 0 Å². The highest BCUT2D eigenvalue weighted by Crippen LogP contribution is 2.40. The monoisotopic (exact) mass is 346 g/mol. The van der Waals surface area contributed by atoms with Crippen molar-refractivity contribution in [2.24, 2.45) is 0 Å². The Kier molecular flexibility index (Phi) is 2.63. The molecule has 1 aromatic heterocycles. The summed E-state index contributed by atoms with van der Waals surface area (Å²) in [5, 5.41) is -0.0225. The number of hydrogen-bond donors (Lipinski definition) is 0. The van der Waals surface area contributed by atoms with Crippen LogP contribution in [0.15, 0.2) is 18.2 Å². The van der Waals surface area contributed by atoms with E-state index in [0.29, 0.717) is 6.04 Å². The average molecular weight is 347 g/mol. The maximum atomic E-state index is 6.21. The SMILES string of the molecule is CC(Cl)c1nc2cc(I)ccc2n1C1CC1. The van der Waals surface area contributed by atoms with E-state index in [-0.39, 0.29) is 5.38 Å². The van der Waals surface area contributed by atoms with Gasteiger partial charge in [0.05, 0.1) is 16.4 Å². The number of nitrogens with zero attached hydrogens (tertiary/aromatic N) is 2. The van der Waals surface area contributed by atoms with E-state index in [0.717, 1.165) is 11.3 Å². The topological polar surface area (TPSA) is 17.8 Å². The van der Waals surface area contributed by atoms with Crippen molar-refractivity contribution in [3.05, 3.63) is 27.6 Å². The van der Waals surface area contributed by atoms with Crippen molar-refractivity contribution in [1.29, 1.82) is 0 Å². The molecule has 16 heavy (non-hydrogen) atoms. The zero-order valence-electron chi connectivity index (χ0n) is 8.95. The normalized spacial score (nSPS) is 17.9. The molecule has 1 fully saturated rings. The maximum Gasteiger partial charge on any atom is 0.127 e. The molecule has 1 aliphatic carbocycles. The van der Waals surface area contributed by atoms with E-state index in [1.54, 1.807) is 0 Å². The second-order valence-corrected chi connectivity index (χ2v) is 6.22. The molecule has 1 heterocycles. The van der Waals surface area contributed by atoms with Crippen molar-refractivity contribution in [2.75, 3.05) is 0 Å². The molecule has 0 bridgehead atoms. The lowest BCUT2D eigenvalue weighted by atomic mass is 10.3. The van der Waals surface area contributed by atoms with E-state index in [1.807, 2.05) is 6.92 Å². The molecule has 0 saturated heterocycles. The molecule has 84 valence electrons. The molecule has 0 spiro atoms. The molecule has 1 unspecified atom stereocenters. The van der Waals surface area contributed by atoms with Crippen molar-refractivity contribution in [2.45, 2.75) is 31.2 Å². The first-order valence-corrected chi connectivity index (χ1v) is 7.00. The molecule has 1 aromatic carbocycles. The Labute approximate surface area is 113 Å². The molecule has 0 N–H and O–H groups in total. The van der Waals surface area contributed by atoms with Crippen molar-refractivity contribution in [3.8, 4) is 0 Å². The highest BCUT2D eigenvalue weighted by Gasteiger charge is 2.29. The van der Waals surface area contributed by atoms with Gasteiger partial charge in [0.1, 0.15) is 5.82 Å². The summed E-state index contributed by atoms with van der Waals surface area (Å²) in [6.07, 6.45) is 2.52. The Morgan fingerprint density at radius 1 is 1.50 bits per heavy atom. The van der Waals surface area contributed by atoms with Crippen LogP contribution in [0.1, 0.15) is 37.0 Å². The summed E-state index contributed by atoms with van der Waals surface area (Å²) < 4.78 is 3.54. The summed E-state index contributed by atoms with van der Waals surface area (Å²) in [6, 6.07) is 7.04. The number of rotatable bonds is 2. The van der Waals surface area contributed by atoms with E-state index in [2.05, 4.69) is 50.3 Å². The molecule has 0 aliphatic heterocycles. The molecule has 1 saturated carbocycles. The van der Waals surface area contributed by atoms with E-state index >= 15 is 0 Å². The van der Waals surface area contributed by atoms with Gasteiger partial charge >= 0.3 is 0 Å². The summed E-state index contributed by atoms with van der Waals surface area (Å²) in [4.78, 5) is 4.66. The van der Waals surface area contributed by atoms with Gasteiger partial charge in [-0.25, -0.2) is 4.98 Å². The minimum Gasteiger partial charge on any atom is -0.324 e. The standard InChI is InChI=1S/C12H12ClIN2/c1-7(13)12-15-10-6-8(14)2-5-11(10)16(12)9-3-4-9/h2,5-7,9H,3-4H2,1H3. The second kappa shape index (κ2) is 3.88. The van der Waals surface area contributed by atoms with Crippen molar-refractivity contribution >= 4 is 45.2 Å². The molecule has 4 heteroatoms. The smallest absolute Gasteiger partial charge is 0.127 e. The number of benzene rings is 1. The van der Waals surface area contributed by atoms with Gasteiger partial charge < -0.3 is 4.57 Å². The largest absolute Gasteiger partial charge is 0.324 e. The van der Waals surface area contributed by atoms with E-state index in [9.17, 15) is 0 Å². The van der Waals surface area contributed by atoms with Gasteiger partial charge in [0.2, 0.25) is 0 Å². The Morgan fingerprint density at radius 3 is 2.88 bits per heavy atom. The number of hydrogen-bond acceptors (Lipinski definition) is 1. The van der Waals surface area contributed by atoms with Gasteiger partial charge in [0.15, 0.2) is 0 Å². The number of aromatic nitrogens is 2. The predicted molar refractivity (Wildman–Crippen MR) is 75.0 cm³/mol. The van der Waals surface area contributed by atoms with Crippen LogP contribution in [0.4, 0.5) is 0 Å². The van der Waals surface area contributed by atoms with Crippen LogP contribution in [0.25, 0.3) is 11.0 Å². The summed E-state index contributed by atoms with van der Waals surface area (Å²) >= 11 is 8.52. The fourth-order valence-electron chi connectivity index (χ4n) is 2.09. The van der Waals surface area contributed by atoms with Crippen molar-refractivity contribution in [3.63, 3.8) is 0 Å². The van der Waals surface area contributed by atoms with E-state index in [4.69, 9.17) is 11.6 Å². The molecule has 2 aromatic rings. The Bertz CT molecular complexity index is 543. The molecule has 2 nitrogen and oxygen atoms in total. The quantitative estimate of drug-likeness (QED) is 0.586. The lowest BCUT2D eigenvalue weighted by Crippen LogP contribution is -2.01. The Morgan fingerprint density at radius 2 is 2.25 bits per heavy atom. The van der Waals surface area contributed by atoms with Crippen LogP contribution in [0.5, 0.6) is 0 Å². The number of fused-ring (bicyclic) bond motifs is 1. The minimum atomic E-state index is -0.0225. The van der Waals surface area contributed by atoms with Crippen molar-refractivity contribution < 1.29 is 0 Å². The maximum absolute atomic E-state index is 6.21. The number of halogens is 2. The number of imidazole rings is 1. The minimum absolute atomic E-state index is 0.0225. The highest BCUT2D eigenvalue weighted by molar-refractivity contribution is 14.1. The summed E-state index contributed by atoms with van der Waals surface area (Å²) in [6.45, 7) is 1.99. The summed E-state index contributed by atoms with van der Waals surface area (Å²) in [5.41, 5.74) is 2.30. The predicted octanol–water partition coefficient (Wildman–Crippen LogP) is 4.28. The zero-order valence-corrected chi connectivity index (χ0v) is 11.9. The van der Waals surface area contributed by atoms with Gasteiger partial charge in [0.25, 0.3) is 0 Å². The Balaban J connectivity index is 2.28. The third-order valence-electron chi connectivity index (χ3n) is 2.95. The number of alkyl halides is 1. The molecular weight excluding hydrogens is 335 g/mol. The van der Waals surface area contributed by atoms with Crippen LogP contribution < -0.4 is 0 Å². The van der Waals surface area contributed by atoms with Crippen LogP contribution in [0.3, 0.4) is 0 Å². The van der Waals surface area contributed by atoms with Gasteiger partial charge in [-0.05, 0) is 60.6 Å². The van der Waals surface area contributed by atoms with Gasteiger partial charge in [-0.1, -0.05) is 0 Å². The van der Waals surface area contributed by atoms with E-state index in [1.165, 1.54) is 21.9 Å². The van der Waals surface area contributed by atoms with Crippen molar-refractivity contribution in [1.82, 2.24) is 9.55 Å². The third kappa shape index (κ3) is 1.74. The van der Waals surface area contributed by atoms with E-state index < -0.39 is 0 Å². The Hall–Kier alpha value is -0.290. The summed E-state index contributed by atoms with van der Waals surface area (Å²) in [5.74, 6) is 1.01. The van der Waals surface area contributed by atoms with Crippen LogP contribution in [0.2, 0.25) is 0 Å².